The van der Waals surface area contributed by atoms with Crippen molar-refractivity contribution in [3.05, 3.63) is 93.4 Å². The zero-order chi connectivity index (χ0) is 23.0. The highest BCUT2D eigenvalue weighted by Crippen LogP contribution is 2.45. The van der Waals surface area contributed by atoms with E-state index in [2.05, 4.69) is 45.4 Å². The van der Waals surface area contributed by atoms with Crippen LogP contribution < -0.4 is 4.74 Å². The number of hydrogen-bond donors (Lipinski definition) is 1. The van der Waals surface area contributed by atoms with Crippen LogP contribution in [0.25, 0.3) is 16.6 Å². The van der Waals surface area contributed by atoms with Crippen molar-refractivity contribution in [3.8, 4) is 11.4 Å². The number of halogens is 2. The van der Waals surface area contributed by atoms with E-state index < -0.39 is 5.60 Å². The van der Waals surface area contributed by atoms with Gasteiger partial charge in [-0.1, -0.05) is 36.4 Å². The molecule has 1 saturated carbocycles. The molecule has 5 rings (SSSR count). The maximum atomic E-state index is 13.7. The Hall–Kier alpha value is -2.38. The van der Waals surface area contributed by atoms with E-state index in [0.717, 1.165) is 53.6 Å². The van der Waals surface area contributed by atoms with Crippen LogP contribution >= 0.6 is 22.6 Å². The SMILES string of the molecule is CC1(O)CCC(c2c(I)c3c(OCc4ccccc4)cccc3n2-c2ccc(F)cc2)CC1. The van der Waals surface area contributed by atoms with Crippen LogP contribution in [0, 0.1) is 9.39 Å². The summed E-state index contributed by atoms with van der Waals surface area (Å²) in [6, 6.07) is 23.0. The molecule has 170 valence electrons. The van der Waals surface area contributed by atoms with Crippen molar-refractivity contribution in [1.29, 1.82) is 0 Å². The molecule has 0 unspecified atom stereocenters. The van der Waals surface area contributed by atoms with E-state index in [1.165, 1.54) is 21.4 Å². The van der Waals surface area contributed by atoms with Crippen LogP contribution in [-0.4, -0.2) is 15.3 Å². The fourth-order valence-corrected chi connectivity index (χ4v) is 6.11. The average molecular weight is 555 g/mol. The quantitative estimate of drug-likeness (QED) is 0.261. The number of ether oxygens (including phenoxy) is 1. The summed E-state index contributed by atoms with van der Waals surface area (Å²) in [6.45, 7) is 2.43. The normalized spacial score (nSPS) is 20.8. The number of fused-ring (bicyclic) bond motifs is 1. The molecule has 3 nitrogen and oxygen atoms in total. The van der Waals surface area contributed by atoms with Gasteiger partial charge in [-0.15, -0.1) is 0 Å². The van der Waals surface area contributed by atoms with Gasteiger partial charge in [0.05, 0.1) is 16.5 Å². The zero-order valence-corrected chi connectivity index (χ0v) is 20.8. The molecular weight excluding hydrogens is 528 g/mol. The molecule has 1 heterocycles. The summed E-state index contributed by atoms with van der Waals surface area (Å²) >= 11 is 2.45. The lowest BCUT2D eigenvalue weighted by molar-refractivity contribution is 0.0166. The Morgan fingerprint density at radius 2 is 1.70 bits per heavy atom. The van der Waals surface area contributed by atoms with Crippen molar-refractivity contribution in [2.45, 2.75) is 50.7 Å². The molecule has 4 aromatic rings. The number of benzene rings is 3. The predicted molar refractivity (Wildman–Crippen MR) is 139 cm³/mol. The van der Waals surface area contributed by atoms with Crippen molar-refractivity contribution < 1.29 is 14.2 Å². The molecule has 0 saturated heterocycles. The van der Waals surface area contributed by atoms with Crippen LogP contribution in [0.4, 0.5) is 4.39 Å². The fourth-order valence-electron chi connectivity index (χ4n) is 4.88. The largest absolute Gasteiger partial charge is 0.488 e. The van der Waals surface area contributed by atoms with E-state index in [4.69, 9.17) is 4.74 Å². The van der Waals surface area contributed by atoms with Gasteiger partial charge < -0.3 is 14.4 Å². The van der Waals surface area contributed by atoms with Crippen LogP contribution in [0.1, 0.15) is 49.8 Å². The summed E-state index contributed by atoms with van der Waals surface area (Å²) in [5, 5.41) is 11.6. The zero-order valence-electron chi connectivity index (χ0n) is 18.6. The second-order valence-electron chi connectivity index (χ2n) is 9.21. The lowest BCUT2D eigenvalue weighted by Crippen LogP contribution is -2.30. The number of aromatic nitrogens is 1. The van der Waals surface area contributed by atoms with Gasteiger partial charge in [-0.2, -0.15) is 0 Å². The minimum absolute atomic E-state index is 0.243. The summed E-state index contributed by atoms with van der Waals surface area (Å²) in [5.41, 5.74) is 3.75. The monoisotopic (exact) mass is 555 g/mol. The van der Waals surface area contributed by atoms with Crippen molar-refractivity contribution in [1.82, 2.24) is 4.57 Å². The Morgan fingerprint density at radius 1 is 1.00 bits per heavy atom. The Kier molecular flexibility index (Phi) is 6.18. The maximum Gasteiger partial charge on any atom is 0.130 e. The minimum Gasteiger partial charge on any atom is -0.488 e. The van der Waals surface area contributed by atoms with Gasteiger partial charge in [-0.3, -0.25) is 0 Å². The first kappa shape index (κ1) is 22.4. The highest BCUT2D eigenvalue weighted by Gasteiger charge is 2.33. The van der Waals surface area contributed by atoms with E-state index in [9.17, 15) is 9.50 Å². The van der Waals surface area contributed by atoms with E-state index in [1.54, 1.807) is 0 Å². The smallest absolute Gasteiger partial charge is 0.130 e. The Labute approximate surface area is 207 Å². The van der Waals surface area contributed by atoms with Crippen LogP contribution in [0.5, 0.6) is 5.75 Å². The standard InChI is InChI=1S/C28H27FINO2/c1-28(32)16-14-20(15-17-28)27-26(30)25-23(31(27)22-12-10-21(29)11-13-22)8-5-9-24(25)33-18-19-6-3-2-4-7-19/h2-13,20,32H,14-18H2,1H3. The first-order chi connectivity index (χ1) is 15.9. The van der Waals surface area contributed by atoms with E-state index in [0.29, 0.717) is 12.5 Å². The van der Waals surface area contributed by atoms with E-state index in [-0.39, 0.29) is 5.82 Å². The summed E-state index contributed by atoms with van der Waals surface area (Å²) in [4.78, 5) is 0. The molecule has 1 fully saturated rings. The molecule has 33 heavy (non-hydrogen) atoms. The molecule has 0 aliphatic heterocycles. The molecule has 1 aromatic heterocycles. The molecule has 5 heteroatoms. The lowest BCUT2D eigenvalue weighted by atomic mass is 9.78. The van der Waals surface area contributed by atoms with Gasteiger partial charge in [-0.25, -0.2) is 4.39 Å². The van der Waals surface area contributed by atoms with Gasteiger partial charge >= 0.3 is 0 Å². The molecule has 1 aliphatic rings. The van der Waals surface area contributed by atoms with Gasteiger partial charge in [0.1, 0.15) is 18.2 Å². The number of rotatable bonds is 5. The Morgan fingerprint density at radius 3 is 2.39 bits per heavy atom. The van der Waals surface area contributed by atoms with Crippen molar-refractivity contribution in [3.63, 3.8) is 0 Å². The highest BCUT2D eigenvalue weighted by atomic mass is 127. The van der Waals surface area contributed by atoms with Gasteiger partial charge in [0, 0.05) is 20.9 Å². The predicted octanol–water partition coefficient (Wildman–Crippen LogP) is 7.36. The Balaban J connectivity index is 1.63. The second-order valence-corrected chi connectivity index (χ2v) is 10.3. The van der Waals surface area contributed by atoms with Gasteiger partial charge in [0.15, 0.2) is 0 Å². The maximum absolute atomic E-state index is 13.7. The second kappa shape index (κ2) is 9.11. The summed E-state index contributed by atoms with van der Waals surface area (Å²) in [6.07, 6.45) is 3.38. The van der Waals surface area contributed by atoms with Crippen LogP contribution in [0.2, 0.25) is 0 Å². The van der Waals surface area contributed by atoms with Crippen LogP contribution in [0.15, 0.2) is 72.8 Å². The van der Waals surface area contributed by atoms with E-state index in [1.807, 2.05) is 49.4 Å². The number of nitrogens with zero attached hydrogens (tertiary/aromatic N) is 1. The number of aliphatic hydroxyl groups is 1. The molecule has 0 amide bonds. The van der Waals surface area contributed by atoms with Crippen molar-refractivity contribution >= 4 is 33.5 Å². The first-order valence-corrected chi connectivity index (χ1v) is 12.5. The molecule has 3 aromatic carbocycles. The van der Waals surface area contributed by atoms with Gasteiger partial charge in [0.25, 0.3) is 0 Å². The lowest BCUT2D eigenvalue weighted by Gasteiger charge is -2.34. The molecule has 1 N–H and O–H groups in total. The average Bonchev–Trinajstić information content (AvgIpc) is 3.12. The summed E-state index contributed by atoms with van der Waals surface area (Å²) < 4.78 is 23.5. The van der Waals surface area contributed by atoms with Gasteiger partial charge in [0.2, 0.25) is 0 Å². The third-order valence-corrected chi connectivity index (χ3v) is 7.79. The molecule has 0 spiro atoms. The topological polar surface area (TPSA) is 34.4 Å². The third-order valence-electron chi connectivity index (χ3n) is 6.70. The minimum atomic E-state index is -0.599. The number of hydrogen-bond acceptors (Lipinski definition) is 2. The van der Waals surface area contributed by atoms with Crippen LogP contribution in [-0.2, 0) is 6.61 Å². The fraction of sp³-hybridized carbons (Fsp3) is 0.286. The molecular formula is C28H27FINO2. The molecule has 0 atom stereocenters. The third kappa shape index (κ3) is 4.53. The summed E-state index contributed by atoms with van der Waals surface area (Å²) in [7, 11) is 0. The highest BCUT2D eigenvalue weighted by molar-refractivity contribution is 14.1. The van der Waals surface area contributed by atoms with Crippen LogP contribution in [0.3, 0.4) is 0 Å². The summed E-state index contributed by atoms with van der Waals surface area (Å²) in [5.74, 6) is 0.925. The van der Waals surface area contributed by atoms with Crippen molar-refractivity contribution in [2.75, 3.05) is 0 Å². The molecule has 0 radical (unpaired) electrons. The van der Waals surface area contributed by atoms with Gasteiger partial charge in [-0.05, 0) is 97.2 Å². The molecule has 1 aliphatic carbocycles. The van der Waals surface area contributed by atoms with E-state index >= 15 is 0 Å². The van der Waals surface area contributed by atoms with Crippen molar-refractivity contribution in [2.24, 2.45) is 0 Å². The molecule has 0 bridgehead atoms. The Bertz CT molecular complexity index is 1250. The first-order valence-electron chi connectivity index (χ1n) is 11.4.